The number of halogens is 3. The maximum atomic E-state index is 13.6. The summed E-state index contributed by atoms with van der Waals surface area (Å²) in [5.41, 5.74) is -0.106. The normalized spacial score (nSPS) is 22.6. The maximum Gasteiger partial charge on any atom is 0.416 e. The summed E-state index contributed by atoms with van der Waals surface area (Å²) in [6, 6.07) is -0.446. The molecule has 4 rings (SSSR count). The maximum absolute atomic E-state index is 13.6. The largest absolute Gasteiger partial charge is 0.416 e. The zero-order chi connectivity index (χ0) is 25.2. The second-order valence-electron chi connectivity index (χ2n) is 8.94. The molecule has 0 aromatic rings. The van der Waals surface area contributed by atoms with Gasteiger partial charge in [0, 0.05) is 29.4 Å². The first-order chi connectivity index (χ1) is 16.7. The van der Waals surface area contributed by atoms with Crippen molar-refractivity contribution in [3.63, 3.8) is 0 Å². The van der Waals surface area contributed by atoms with E-state index in [1.807, 2.05) is 11.0 Å². The SMILES string of the molecule is C=CCC1=C(C=C)N(CCCN2CCC3(CC2)NC(=O)NC3=O)C2=CC(C(F)(F)F)=CCC=C2S1. The van der Waals surface area contributed by atoms with E-state index >= 15 is 0 Å². The molecule has 3 heterocycles. The fraction of sp³-hybridized carbons (Fsp3) is 0.440. The zero-order valence-electron chi connectivity index (χ0n) is 19.4. The molecule has 6 nitrogen and oxygen atoms in total. The molecule has 0 atom stereocenters. The third kappa shape index (κ3) is 5.28. The molecule has 0 bridgehead atoms. The van der Waals surface area contributed by atoms with Crippen molar-refractivity contribution in [2.75, 3.05) is 26.2 Å². The number of alkyl halides is 3. The van der Waals surface area contributed by atoms with Gasteiger partial charge in [-0.1, -0.05) is 36.6 Å². The molecule has 35 heavy (non-hydrogen) atoms. The molecule has 4 aliphatic rings. The van der Waals surface area contributed by atoms with Gasteiger partial charge in [-0.25, -0.2) is 4.79 Å². The number of fused-ring (bicyclic) bond motifs is 1. The molecule has 0 radical (unpaired) electrons. The van der Waals surface area contributed by atoms with Crippen molar-refractivity contribution in [3.8, 4) is 0 Å². The lowest BCUT2D eigenvalue weighted by molar-refractivity contribution is -0.125. The Hall–Kier alpha value is -2.72. The van der Waals surface area contributed by atoms with Crippen LogP contribution in [-0.2, 0) is 4.79 Å². The molecular weight excluding hydrogens is 477 g/mol. The van der Waals surface area contributed by atoms with Crippen LogP contribution in [0.2, 0.25) is 0 Å². The summed E-state index contributed by atoms with van der Waals surface area (Å²) in [6.45, 7) is 10.3. The highest BCUT2D eigenvalue weighted by Crippen LogP contribution is 2.46. The Labute approximate surface area is 207 Å². The molecule has 10 heteroatoms. The highest BCUT2D eigenvalue weighted by Gasteiger charge is 2.47. The van der Waals surface area contributed by atoms with Crippen LogP contribution in [0.1, 0.15) is 32.1 Å². The number of likely N-dealkylation sites (tertiary alicyclic amines) is 1. The number of nitrogens with zero attached hydrogens (tertiary/aromatic N) is 2. The van der Waals surface area contributed by atoms with Crippen LogP contribution in [0.4, 0.5) is 18.0 Å². The van der Waals surface area contributed by atoms with E-state index in [2.05, 4.69) is 28.7 Å². The van der Waals surface area contributed by atoms with E-state index in [0.29, 0.717) is 51.0 Å². The van der Waals surface area contributed by atoms with Crippen LogP contribution in [-0.4, -0.2) is 59.6 Å². The molecule has 0 unspecified atom stereocenters. The molecule has 188 valence electrons. The van der Waals surface area contributed by atoms with Crippen LogP contribution in [0.15, 0.2) is 70.3 Å². The van der Waals surface area contributed by atoms with Gasteiger partial charge in [0.15, 0.2) is 0 Å². The number of hydrogen-bond acceptors (Lipinski definition) is 5. The van der Waals surface area contributed by atoms with E-state index in [9.17, 15) is 22.8 Å². The first-order valence-electron chi connectivity index (χ1n) is 11.6. The lowest BCUT2D eigenvalue weighted by Crippen LogP contribution is -2.55. The fourth-order valence-corrected chi connectivity index (χ4v) is 6.09. The van der Waals surface area contributed by atoms with Crippen LogP contribution in [0.25, 0.3) is 0 Å². The summed E-state index contributed by atoms with van der Waals surface area (Å²) in [5, 5.41) is 5.07. The van der Waals surface area contributed by atoms with Crippen molar-refractivity contribution in [2.45, 2.75) is 43.8 Å². The molecule has 0 aromatic carbocycles. The summed E-state index contributed by atoms with van der Waals surface area (Å²) in [5.74, 6) is -0.267. The van der Waals surface area contributed by atoms with Gasteiger partial charge in [-0.15, -0.1) is 6.58 Å². The fourth-order valence-electron chi connectivity index (χ4n) is 4.88. The number of allylic oxidation sites excluding steroid dienone is 7. The number of carbonyl (C=O) groups is 2. The number of carbonyl (C=O) groups excluding carboxylic acids is 2. The van der Waals surface area contributed by atoms with Gasteiger partial charge in [0.1, 0.15) is 5.54 Å². The standard InChI is InChI=1S/C25H29F3N4O2S/c1-3-7-20-18(4-2)32(19-16-17(25(26,27)28)8-5-9-21(19)35-20)13-6-12-31-14-10-24(11-15-31)22(33)29-23(34)30-24/h3-4,8-9,16H,1-2,5-7,10-15H2,(H2,29,30,33,34). The first-order valence-corrected chi connectivity index (χ1v) is 12.5. The van der Waals surface area contributed by atoms with Gasteiger partial charge in [-0.3, -0.25) is 10.1 Å². The van der Waals surface area contributed by atoms with E-state index in [0.717, 1.165) is 22.1 Å². The molecule has 3 amide bonds. The quantitative estimate of drug-likeness (QED) is 0.386. The van der Waals surface area contributed by atoms with Crippen LogP contribution in [0, 0.1) is 0 Å². The number of rotatable bonds is 7. The Balaban J connectivity index is 1.48. The Bertz CT molecular complexity index is 1050. The number of piperidine rings is 1. The van der Waals surface area contributed by atoms with Crippen LogP contribution in [0.3, 0.4) is 0 Å². The highest BCUT2D eigenvalue weighted by molar-refractivity contribution is 8.07. The van der Waals surface area contributed by atoms with Crippen molar-refractivity contribution >= 4 is 23.7 Å². The molecule has 2 fully saturated rings. The zero-order valence-corrected chi connectivity index (χ0v) is 20.2. The number of nitrogens with one attached hydrogen (secondary N) is 2. The van der Waals surface area contributed by atoms with Crippen molar-refractivity contribution in [1.29, 1.82) is 0 Å². The van der Waals surface area contributed by atoms with Gasteiger partial charge < -0.3 is 15.1 Å². The molecule has 2 saturated heterocycles. The number of urea groups is 1. The highest BCUT2D eigenvalue weighted by atomic mass is 32.2. The second kappa shape index (κ2) is 10.1. The van der Waals surface area contributed by atoms with E-state index in [1.54, 1.807) is 12.2 Å². The molecule has 2 N–H and O–H groups in total. The Morgan fingerprint density at radius 2 is 1.89 bits per heavy atom. The van der Waals surface area contributed by atoms with Crippen LogP contribution >= 0.6 is 11.8 Å². The summed E-state index contributed by atoms with van der Waals surface area (Å²) < 4.78 is 40.8. The molecule has 1 spiro atoms. The van der Waals surface area contributed by atoms with Gasteiger partial charge in [-0.2, -0.15) is 13.2 Å². The number of imide groups is 1. The van der Waals surface area contributed by atoms with Gasteiger partial charge in [0.2, 0.25) is 0 Å². The van der Waals surface area contributed by atoms with E-state index in [-0.39, 0.29) is 12.3 Å². The van der Waals surface area contributed by atoms with E-state index in [4.69, 9.17) is 0 Å². The average Bonchev–Trinajstić information content (AvgIpc) is 2.95. The third-order valence-electron chi connectivity index (χ3n) is 6.72. The third-order valence-corrected chi connectivity index (χ3v) is 7.93. The lowest BCUT2D eigenvalue weighted by Gasteiger charge is -2.38. The number of thioether (sulfide) groups is 1. The minimum Gasteiger partial charge on any atom is -0.340 e. The Morgan fingerprint density at radius 3 is 2.49 bits per heavy atom. The van der Waals surface area contributed by atoms with Crippen molar-refractivity contribution < 1.29 is 22.8 Å². The summed E-state index contributed by atoms with van der Waals surface area (Å²) in [6.07, 6.45) is 5.98. The predicted molar refractivity (Wildman–Crippen MR) is 131 cm³/mol. The van der Waals surface area contributed by atoms with Crippen molar-refractivity contribution in [2.24, 2.45) is 0 Å². The van der Waals surface area contributed by atoms with E-state index in [1.165, 1.54) is 23.9 Å². The van der Waals surface area contributed by atoms with Gasteiger partial charge >= 0.3 is 12.2 Å². The lowest BCUT2D eigenvalue weighted by atomic mass is 9.87. The second-order valence-corrected chi connectivity index (χ2v) is 10.1. The molecular formula is C25H29F3N4O2S. The molecule has 3 aliphatic heterocycles. The average molecular weight is 507 g/mol. The topological polar surface area (TPSA) is 64.7 Å². The van der Waals surface area contributed by atoms with Crippen LogP contribution in [0.5, 0.6) is 0 Å². The van der Waals surface area contributed by atoms with Gasteiger partial charge in [-0.05, 0) is 50.8 Å². The Kier molecular flexibility index (Phi) is 7.32. The summed E-state index contributed by atoms with van der Waals surface area (Å²) in [4.78, 5) is 29.7. The number of amides is 3. The minimum absolute atomic E-state index is 0.218. The Morgan fingerprint density at radius 1 is 1.14 bits per heavy atom. The van der Waals surface area contributed by atoms with Crippen LogP contribution < -0.4 is 10.6 Å². The van der Waals surface area contributed by atoms with Crippen molar-refractivity contribution in [3.05, 3.63) is 70.3 Å². The smallest absolute Gasteiger partial charge is 0.340 e. The molecule has 0 saturated carbocycles. The predicted octanol–water partition coefficient (Wildman–Crippen LogP) is 4.73. The summed E-state index contributed by atoms with van der Waals surface area (Å²) >= 11 is 1.48. The number of hydrogen-bond donors (Lipinski definition) is 2. The monoisotopic (exact) mass is 506 g/mol. The van der Waals surface area contributed by atoms with Crippen molar-refractivity contribution in [1.82, 2.24) is 20.4 Å². The van der Waals surface area contributed by atoms with E-state index < -0.39 is 23.3 Å². The summed E-state index contributed by atoms with van der Waals surface area (Å²) in [7, 11) is 0. The minimum atomic E-state index is -4.42. The molecule has 1 aliphatic carbocycles. The first kappa shape index (κ1) is 25.4. The molecule has 0 aromatic heterocycles. The van der Waals surface area contributed by atoms with Gasteiger partial charge in [0.25, 0.3) is 5.91 Å². The van der Waals surface area contributed by atoms with Gasteiger partial charge in [0.05, 0.1) is 17.0 Å².